The Kier molecular flexibility index (Phi) is 4.26. The van der Waals surface area contributed by atoms with E-state index in [0.717, 1.165) is 31.5 Å². The van der Waals surface area contributed by atoms with E-state index in [1.165, 1.54) is 32.1 Å². The van der Waals surface area contributed by atoms with Gasteiger partial charge in [-0.15, -0.1) is 0 Å². The summed E-state index contributed by atoms with van der Waals surface area (Å²) < 4.78 is 0. The average molecular weight is 225 g/mol. The molecule has 2 aliphatic rings. The number of piperidine rings is 1. The molecule has 1 N–H and O–H groups in total. The first-order chi connectivity index (χ1) is 7.72. The second kappa shape index (κ2) is 5.50. The smallest absolute Gasteiger partial charge is 0.0590 e. The molecule has 0 aromatic carbocycles. The van der Waals surface area contributed by atoms with Crippen LogP contribution in [0.4, 0.5) is 0 Å². The number of rotatable bonds is 2. The number of hydrogen-bond donors (Lipinski definition) is 1. The Bertz CT molecular complexity index is 219. The second-order valence-electron chi connectivity index (χ2n) is 5.85. The van der Waals surface area contributed by atoms with Gasteiger partial charge >= 0.3 is 0 Å². The average Bonchev–Trinajstić information content (AvgIpc) is 2.32. The van der Waals surface area contributed by atoms with Crippen LogP contribution in [0.15, 0.2) is 0 Å². The molecule has 2 heteroatoms. The van der Waals surface area contributed by atoms with Crippen molar-refractivity contribution in [2.24, 2.45) is 11.8 Å². The summed E-state index contributed by atoms with van der Waals surface area (Å²) in [7, 11) is 0. The van der Waals surface area contributed by atoms with Crippen LogP contribution in [0, 0.1) is 11.8 Å². The highest BCUT2D eigenvalue weighted by Gasteiger charge is 2.33. The molecule has 4 atom stereocenters. The van der Waals surface area contributed by atoms with Crippen LogP contribution < -0.4 is 0 Å². The fourth-order valence-electron chi connectivity index (χ4n) is 3.61. The SMILES string of the molecule is CCC1CCCCC1N1CCC(O)C(C)C1. The third-order valence-electron chi connectivity index (χ3n) is 4.75. The van der Waals surface area contributed by atoms with Gasteiger partial charge in [-0.05, 0) is 31.1 Å². The number of nitrogens with zero attached hydrogens (tertiary/aromatic N) is 1. The highest BCUT2D eigenvalue weighted by Crippen LogP contribution is 2.33. The van der Waals surface area contributed by atoms with E-state index in [-0.39, 0.29) is 6.10 Å². The van der Waals surface area contributed by atoms with E-state index in [9.17, 15) is 5.11 Å². The first-order valence-electron chi connectivity index (χ1n) is 7.14. The zero-order chi connectivity index (χ0) is 11.5. The van der Waals surface area contributed by atoms with E-state index < -0.39 is 0 Å². The summed E-state index contributed by atoms with van der Waals surface area (Å²) in [5, 5.41) is 9.79. The highest BCUT2D eigenvalue weighted by molar-refractivity contribution is 4.87. The largest absolute Gasteiger partial charge is 0.393 e. The highest BCUT2D eigenvalue weighted by atomic mass is 16.3. The van der Waals surface area contributed by atoms with Crippen molar-refractivity contribution < 1.29 is 5.11 Å². The Morgan fingerprint density at radius 2 is 1.94 bits per heavy atom. The Labute approximate surface area is 100 Å². The molecule has 1 saturated heterocycles. The lowest BCUT2D eigenvalue weighted by molar-refractivity contribution is -0.00525. The fourth-order valence-corrected chi connectivity index (χ4v) is 3.61. The van der Waals surface area contributed by atoms with Crippen LogP contribution in [0.5, 0.6) is 0 Å². The molecule has 0 bridgehead atoms. The fraction of sp³-hybridized carbons (Fsp3) is 1.00. The van der Waals surface area contributed by atoms with E-state index in [2.05, 4.69) is 18.7 Å². The Morgan fingerprint density at radius 3 is 2.62 bits per heavy atom. The lowest BCUT2D eigenvalue weighted by Gasteiger charge is -2.44. The van der Waals surface area contributed by atoms with E-state index in [1.54, 1.807) is 0 Å². The van der Waals surface area contributed by atoms with E-state index in [1.807, 2.05) is 0 Å². The molecule has 0 amide bonds. The molecule has 0 radical (unpaired) electrons. The molecule has 94 valence electrons. The lowest BCUT2D eigenvalue weighted by atomic mass is 9.80. The van der Waals surface area contributed by atoms with Gasteiger partial charge in [0.15, 0.2) is 0 Å². The van der Waals surface area contributed by atoms with Crippen molar-refractivity contribution in [1.29, 1.82) is 0 Å². The minimum absolute atomic E-state index is 0.0556. The Balaban J connectivity index is 1.95. The van der Waals surface area contributed by atoms with Gasteiger partial charge in [-0.2, -0.15) is 0 Å². The van der Waals surface area contributed by atoms with Gasteiger partial charge in [0.1, 0.15) is 0 Å². The standard InChI is InChI=1S/C14H27NO/c1-3-12-6-4-5-7-13(12)15-9-8-14(16)11(2)10-15/h11-14,16H,3-10H2,1-2H3. The van der Waals surface area contributed by atoms with Crippen molar-refractivity contribution >= 4 is 0 Å². The molecule has 1 aliphatic carbocycles. The van der Waals surface area contributed by atoms with Gasteiger partial charge < -0.3 is 5.11 Å². The molecule has 1 saturated carbocycles. The molecule has 1 aliphatic heterocycles. The van der Waals surface area contributed by atoms with Gasteiger partial charge in [-0.1, -0.05) is 33.1 Å². The third kappa shape index (κ3) is 2.60. The van der Waals surface area contributed by atoms with Gasteiger partial charge in [-0.3, -0.25) is 4.90 Å². The topological polar surface area (TPSA) is 23.5 Å². The normalized spacial score (nSPS) is 42.2. The maximum absolute atomic E-state index is 9.79. The maximum Gasteiger partial charge on any atom is 0.0590 e. The third-order valence-corrected chi connectivity index (χ3v) is 4.75. The van der Waals surface area contributed by atoms with Gasteiger partial charge in [0.05, 0.1) is 6.10 Å². The van der Waals surface area contributed by atoms with Crippen LogP contribution in [0.1, 0.15) is 52.4 Å². The monoisotopic (exact) mass is 225 g/mol. The van der Waals surface area contributed by atoms with Crippen LogP contribution in [-0.4, -0.2) is 35.2 Å². The molecule has 0 spiro atoms. The summed E-state index contributed by atoms with van der Waals surface area (Å²) in [6, 6.07) is 0.814. The summed E-state index contributed by atoms with van der Waals surface area (Å²) in [5.74, 6) is 1.38. The molecular formula is C14H27NO. The maximum atomic E-state index is 9.79. The van der Waals surface area contributed by atoms with Crippen LogP contribution in [0.2, 0.25) is 0 Å². The van der Waals surface area contributed by atoms with E-state index in [0.29, 0.717) is 5.92 Å². The van der Waals surface area contributed by atoms with Crippen molar-refractivity contribution in [3.63, 3.8) is 0 Å². The lowest BCUT2D eigenvalue weighted by Crippen LogP contribution is -2.50. The number of aliphatic hydroxyl groups is 1. The van der Waals surface area contributed by atoms with E-state index in [4.69, 9.17) is 0 Å². The predicted molar refractivity (Wildman–Crippen MR) is 67.4 cm³/mol. The second-order valence-corrected chi connectivity index (χ2v) is 5.85. The van der Waals surface area contributed by atoms with Crippen LogP contribution in [0.25, 0.3) is 0 Å². The number of aliphatic hydroxyl groups excluding tert-OH is 1. The summed E-state index contributed by atoms with van der Waals surface area (Å²) in [6.07, 6.45) is 7.91. The van der Waals surface area contributed by atoms with Gasteiger partial charge in [0, 0.05) is 19.1 Å². The molecule has 0 aromatic rings. The number of likely N-dealkylation sites (tertiary alicyclic amines) is 1. The van der Waals surface area contributed by atoms with Crippen LogP contribution in [0.3, 0.4) is 0 Å². The molecule has 1 heterocycles. The van der Waals surface area contributed by atoms with Crippen molar-refractivity contribution in [3.8, 4) is 0 Å². The van der Waals surface area contributed by atoms with Gasteiger partial charge in [-0.25, -0.2) is 0 Å². The van der Waals surface area contributed by atoms with Crippen LogP contribution >= 0.6 is 0 Å². The number of hydrogen-bond acceptors (Lipinski definition) is 2. The first-order valence-corrected chi connectivity index (χ1v) is 7.14. The van der Waals surface area contributed by atoms with Crippen molar-refractivity contribution in [3.05, 3.63) is 0 Å². The zero-order valence-electron chi connectivity index (χ0n) is 10.9. The van der Waals surface area contributed by atoms with Gasteiger partial charge in [0.25, 0.3) is 0 Å². The molecule has 2 fully saturated rings. The molecule has 4 unspecified atom stereocenters. The van der Waals surface area contributed by atoms with Gasteiger partial charge in [0.2, 0.25) is 0 Å². The zero-order valence-corrected chi connectivity index (χ0v) is 10.9. The molecule has 16 heavy (non-hydrogen) atoms. The molecule has 2 nitrogen and oxygen atoms in total. The Morgan fingerprint density at radius 1 is 1.19 bits per heavy atom. The molecule has 2 rings (SSSR count). The van der Waals surface area contributed by atoms with Crippen LogP contribution in [-0.2, 0) is 0 Å². The predicted octanol–water partition coefficient (Wildman–Crippen LogP) is 2.66. The first kappa shape index (κ1) is 12.4. The van der Waals surface area contributed by atoms with Crippen molar-refractivity contribution in [2.75, 3.05) is 13.1 Å². The van der Waals surface area contributed by atoms with Crippen molar-refractivity contribution in [2.45, 2.75) is 64.5 Å². The minimum Gasteiger partial charge on any atom is -0.393 e. The Hall–Kier alpha value is -0.0800. The molecule has 0 aromatic heterocycles. The van der Waals surface area contributed by atoms with Crippen molar-refractivity contribution in [1.82, 2.24) is 4.90 Å². The summed E-state index contributed by atoms with van der Waals surface area (Å²) >= 11 is 0. The quantitative estimate of drug-likeness (QED) is 0.781. The summed E-state index contributed by atoms with van der Waals surface area (Å²) in [6.45, 7) is 6.76. The minimum atomic E-state index is -0.0556. The van der Waals surface area contributed by atoms with E-state index >= 15 is 0 Å². The summed E-state index contributed by atoms with van der Waals surface area (Å²) in [5.41, 5.74) is 0. The summed E-state index contributed by atoms with van der Waals surface area (Å²) in [4.78, 5) is 2.67. The molecular weight excluding hydrogens is 198 g/mol.